The number of nitrogens with one attached hydrogen (secondary N) is 1. The van der Waals surface area contributed by atoms with Crippen LogP contribution in [0.2, 0.25) is 0 Å². The van der Waals surface area contributed by atoms with Crippen LogP contribution in [0.3, 0.4) is 0 Å². The first-order valence-electron chi connectivity index (χ1n) is 8.15. The van der Waals surface area contributed by atoms with E-state index in [2.05, 4.69) is 15.5 Å². The molecule has 1 aliphatic heterocycles. The van der Waals surface area contributed by atoms with Gasteiger partial charge in [-0.3, -0.25) is 14.2 Å². The summed E-state index contributed by atoms with van der Waals surface area (Å²) in [5.74, 6) is 1.06. The van der Waals surface area contributed by atoms with Crippen LogP contribution in [-0.2, 0) is 18.4 Å². The number of aromatic nitrogens is 4. The zero-order valence-corrected chi connectivity index (χ0v) is 14.1. The normalized spacial score (nSPS) is 16.2. The molecule has 1 aliphatic rings. The predicted octanol–water partition coefficient (Wildman–Crippen LogP) is 1.03. The number of para-hydroxylation sites is 2. The quantitative estimate of drug-likeness (QED) is 0.766. The topological polar surface area (TPSA) is 83.2 Å². The maximum absolute atomic E-state index is 12.3. The molecular formula is C17H19N5O3. The Bertz CT molecular complexity index is 930. The Morgan fingerprint density at radius 1 is 1.36 bits per heavy atom. The standard InChI is InChI=1S/C17H19N5O3/c1-11-16-12(21(2)20-11)9-19-22(16)8-7-18-17(23)15-10-24-13-5-3-4-6-14(13)25-15/h3-6,9,15H,7-8,10H2,1-2H3,(H,18,23)/t15-/m0/s1. The zero-order valence-electron chi connectivity index (χ0n) is 14.1. The highest BCUT2D eigenvalue weighted by atomic mass is 16.6. The maximum atomic E-state index is 12.3. The first kappa shape index (κ1) is 15.5. The van der Waals surface area contributed by atoms with E-state index in [1.54, 1.807) is 16.9 Å². The molecule has 8 heteroatoms. The summed E-state index contributed by atoms with van der Waals surface area (Å²) in [4.78, 5) is 12.3. The number of rotatable bonds is 4. The number of benzene rings is 1. The fourth-order valence-corrected chi connectivity index (χ4v) is 3.03. The summed E-state index contributed by atoms with van der Waals surface area (Å²) in [7, 11) is 1.89. The molecule has 4 rings (SSSR count). The summed E-state index contributed by atoms with van der Waals surface area (Å²) < 4.78 is 14.9. The lowest BCUT2D eigenvalue weighted by atomic mass is 10.2. The van der Waals surface area contributed by atoms with Crippen molar-refractivity contribution in [1.29, 1.82) is 0 Å². The summed E-state index contributed by atoms with van der Waals surface area (Å²) in [6.07, 6.45) is 1.14. The minimum atomic E-state index is -0.646. The average Bonchev–Trinajstić information content (AvgIpc) is 3.16. The number of hydrogen-bond donors (Lipinski definition) is 1. The molecule has 0 aliphatic carbocycles. The maximum Gasteiger partial charge on any atom is 0.264 e. The molecule has 0 fully saturated rings. The Morgan fingerprint density at radius 2 is 2.16 bits per heavy atom. The van der Waals surface area contributed by atoms with E-state index in [9.17, 15) is 4.79 Å². The predicted molar refractivity (Wildman–Crippen MR) is 90.6 cm³/mol. The number of aryl methyl sites for hydroxylation is 2. The van der Waals surface area contributed by atoms with Crippen LogP contribution in [0.15, 0.2) is 30.5 Å². The molecule has 1 aromatic carbocycles. The second kappa shape index (κ2) is 6.12. The first-order chi connectivity index (χ1) is 12.1. The lowest BCUT2D eigenvalue weighted by molar-refractivity contribution is -0.130. The van der Waals surface area contributed by atoms with Crippen molar-refractivity contribution >= 4 is 16.9 Å². The van der Waals surface area contributed by atoms with Crippen molar-refractivity contribution in [3.8, 4) is 11.5 Å². The molecule has 0 unspecified atom stereocenters. The van der Waals surface area contributed by atoms with E-state index in [4.69, 9.17) is 9.47 Å². The molecule has 0 spiro atoms. The van der Waals surface area contributed by atoms with Crippen LogP contribution in [0.4, 0.5) is 0 Å². The molecule has 1 amide bonds. The van der Waals surface area contributed by atoms with Crippen molar-refractivity contribution in [2.24, 2.45) is 7.05 Å². The van der Waals surface area contributed by atoms with Crippen LogP contribution < -0.4 is 14.8 Å². The second-order valence-corrected chi connectivity index (χ2v) is 5.97. The molecule has 1 atom stereocenters. The molecule has 0 saturated heterocycles. The van der Waals surface area contributed by atoms with Crippen molar-refractivity contribution in [3.05, 3.63) is 36.2 Å². The van der Waals surface area contributed by atoms with Gasteiger partial charge in [0.1, 0.15) is 17.6 Å². The monoisotopic (exact) mass is 341 g/mol. The minimum absolute atomic E-state index is 0.194. The zero-order chi connectivity index (χ0) is 17.4. The first-order valence-corrected chi connectivity index (χ1v) is 8.15. The SMILES string of the molecule is Cc1nn(C)c2cnn(CCNC(=O)[C@@H]3COc4ccccc4O3)c12. The molecule has 0 radical (unpaired) electrons. The van der Waals surface area contributed by atoms with E-state index < -0.39 is 6.10 Å². The summed E-state index contributed by atoms with van der Waals surface area (Å²) in [5, 5.41) is 11.6. The molecule has 3 aromatic rings. The number of amides is 1. The van der Waals surface area contributed by atoms with Gasteiger partial charge in [0.15, 0.2) is 11.5 Å². The summed E-state index contributed by atoms with van der Waals surface area (Å²) in [5.41, 5.74) is 2.88. The third-order valence-corrected chi connectivity index (χ3v) is 4.24. The van der Waals surface area contributed by atoms with Gasteiger partial charge in [-0.2, -0.15) is 10.2 Å². The van der Waals surface area contributed by atoms with Gasteiger partial charge >= 0.3 is 0 Å². The van der Waals surface area contributed by atoms with Gasteiger partial charge < -0.3 is 14.8 Å². The van der Waals surface area contributed by atoms with Gasteiger partial charge in [0.05, 0.1) is 18.4 Å². The number of ether oxygens (including phenoxy) is 2. The van der Waals surface area contributed by atoms with Crippen molar-refractivity contribution in [1.82, 2.24) is 24.9 Å². The van der Waals surface area contributed by atoms with Gasteiger partial charge in [0.2, 0.25) is 6.10 Å². The summed E-state index contributed by atoms with van der Waals surface area (Å²) >= 11 is 0. The van der Waals surface area contributed by atoms with E-state index in [1.807, 2.05) is 36.9 Å². The number of hydrogen-bond acceptors (Lipinski definition) is 5. The number of carbonyl (C=O) groups is 1. The van der Waals surface area contributed by atoms with Crippen LogP contribution >= 0.6 is 0 Å². The number of carbonyl (C=O) groups excluding carboxylic acids is 1. The lowest BCUT2D eigenvalue weighted by Gasteiger charge is -2.25. The molecule has 25 heavy (non-hydrogen) atoms. The van der Waals surface area contributed by atoms with Gasteiger partial charge in [-0.15, -0.1) is 0 Å². The van der Waals surface area contributed by atoms with Gasteiger partial charge in [-0.1, -0.05) is 12.1 Å². The van der Waals surface area contributed by atoms with Gasteiger partial charge in [-0.05, 0) is 19.1 Å². The van der Waals surface area contributed by atoms with E-state index in [-0.39, 0.29) is 12.5 Å². The van der Waals surface area contributed by atoms with E-state index in [1.165, 1.54) is 0 Å². The van der Waals surface area contributed by atoms with Crippen molar-refractivity contribution in [2.45, 2.75) is 19.6 Å². The van der Waals surface area contributed by atoms with Crippen molar-refractivity contribution < 1.29 is 14.3 Å². The van der Waals surface area contributed by atoms with Crippen LogP contribution in [0.25, 0.3) is 11.0 Å². The van der Waals surface area contributed by atoms with E-state index in [0.717, 1.165) is 16.7 Å². The van der Waals surface area contributed by atoms with E-state index in [0.29, 0.717) is 24.6 Å². The minimum Gasteiger partial charge on any atom is -0.485 e. The molecule has 0 bridgehead atoms. The highest BCUT2D eigenvalue weighted by molar-refractivity contribution is 5.81. The Labute approximate surface area is 144 Å². The van der Waals surface area contributed by atoms with Gasteiger partial charge in [-0.25, -0.2) is 0 Å². The van der Waals surface area contributed by atoms with Crippen molar-refractivity contribution in [3.63, 3.8) is 0 Å². The molecule has 3 heterocycles. The van der Waals surface area contributed by atoms with Crippen molar-refractivity contribution in [2.75, 3.05) is 13.2 Å². The highest BCUT2D eigenvalue weighted by Gasteiger charge is 2.26. The Morgan fingerprint density at radius 3 is 3.00 bits per heavy atom. The van der Waals surface area contributed by atoms with Crippen LogP contribution in [0.5, 0.6) is 11.5 Å². The largest absolute Gasteiger partial charge is 0.485 e. The molecule has 1 N–H and O–H groups in total. The number of fused-ring (bicyclic) bond motifs is 2. The Balaban J connectivity index is 1.36. The number of nitrogens with zero attached hydrogens (tertiary/aromatic N) is 4. The third-order valence-electron chi connectivity index (χ3n) is 4.24. The van der Waals surface area contributed by atoms with Gasteiger partial charge in [0.25, 0.3) is 5.91 Å². The van der Waals surface area contributed by atoms with Crippen LogP contribution in [-0.4, -0.2) is 44.7 Å². The highest BCUT2D eigenvalue weighted by Crippen LogP contribution is 2.30. The average molecular weight is 341 g/mol. The molecule has 0 saturated carbocycles. The molecular weight excluding hydrogens is 322 g/mol. The molecule has 130 valence electrons. The van der Waals surface area contributed by atoms with Crippen LogP contribution in [0, 0.1) is 6.92 Å². The fourth-order valence-electron chi connectivity index (χ4n) is 3.03. The van der Waals surface area contributed by atoms with Gasteiger partial charge in [0, 0.05) is 13.6 Å². The lowest BCUT2D eigenvalue weighted by Crippen LogP contribution is -2.44. The fraction of sp³-hybridized carbons (Fsp3) is 0.353. The van der Waals surface area contributed by atoms with E-state index >= 15 is 0 Å². The second-order valence-electron chi connectivity index (χ2n) is 5.97. The third kappa shape index (κ3) is 2.79. The Hall–Kier alpha value is -3.03. The summed E-state index contributed by atoms with van der Waals surface area (Å²) in [6.45, 7) is 3.16. The summed E-state index contributed by atoms with van der Waals surface area (Å²) in [6, 6.07) is 7.33. The molecule has 8 nitrogen and oxygen atoms in total. The molecule has 2 aromatic heterocycles. The van der Waals surface area contributed by atoms with Crippen LogP contribution in [0.1, 0.15) is 5.69 Å². The smallest absolute Gasteiger partial charge is 0.264 e. The Kier molecular flexibility index (Phi) is 3.79.